The molecule has 6 nitrogen and oxygen atoms in total. The van der Waals surface area contributed by atoms with E-state index >= 15 is 0 Å². The standard InChI is InChI=1S/C21H20N2O4/c24-19-9-8-14-4-1-2-7-18(14)23(19)13-20(25)22-11-10-16-15(12-22)5-3-6-17(16)21(26)27/h1-7H,8-13H2,(H,26,27). The Labute approximate surface area is 157 Å². The van der Waals surface area contributed by atoms with E-state index in [1.807, 2.05) is 30.3 Å². The normalized spacial score (nSPS) is 15.9. The van der Waals surface area contributed by atoms with Crippen molar-refractivity contribution in [2.75, 3.05) is 18.0 Å². The summed E-state index contributed by atoms with van der Waals surface area (Å²) in [6.07, 6.45) is 1.62. The molecule has 0 spiro atoms. The minimum atomic E-state index is -0.942. The van der Waals surface area contributed by atoms with Crippen LogP contribution in [0.15, 0.2) is 42.5 Å². The maximum atomic E-state index is 12.9. The van der Waals surface area contributed by atoms with Crippen LogP contribution >= 0.6 is 0 Å². The van der Waals surface area contributed by atoms with Gasteiger partial charge in [-0.3, -0.25) is 9.59 Å². The predicted molar refractivity (Wildman–Crippen MR) is 99.6 cm³/mol. The number of para-hydroxylation sites is 1. The highest BCUT2D eigenvalue weighted by Gasteiger charge is 2.29. The maximum absolute atomic E-state index is 12.9. The van der Waals surface area contributed by atoms with E-state index in [-0.39, 0.29) is 18.4 Å². The second-order valence-corrected chi connectivity index (χ2v) is 6.92. The van der Waals surface area contributed by atoms with Crippen LogP contribution in [0.4, 0.5) is 5.69 Å². The number of carboxylic acid groups (broad SMARTS) is 1. The third-order valence-electron chi connectivity index (χ3n) is 5.33. The molecule has 138 valence electrons. The third-order valence-corrected chi connectivity index (χ3v) is 5.33. The first kappa shape index (κ1) is 17.3. The zero-order valence-corrected chi connectivity index (χ0v) is 14.9. The summed E-state index contributed by atoms with van der Waals surface area (Å²) in [6.45, 7) is 0.850. The number of anilines is 1. The Bertz CT molecular complexity index is 938. The van der Waals surface area contributed by atoms with Gasteiger partial charge in [-0.1, -0.05) is 30.3 Å². The van der Waals surface area contributed by atoms with Gasteiger partial charge < -0.3 is 14.9 Å². The van der Waals surface area contributed by atoms with Crippen molar-refractivity contribution < 1.29 is 19.5 Å². The predicted octanol–water partition coefficient (Wildman–Crippen LogP) is 2.25. The van der Waals surface area contributed by atoms with E-state index in [0.29, 0.717) is 37.9 Å². The quantitative estimate of drug-likeness (QED) is 0.906. The van der Waals surface area contributed by atoms with Gasteiger partial charge in [0.2, 0.25) is 11.8 Å². The van der Waals surface area contributed by atoms with Crippen LogP contribution in [0.1, 0.15) is 33.5 Å². The van der Waals surface area contributed by atoms with Crippen LogP contribution in [-0.2, 0) is 29.0 Å². The van der Waals surface area contributed by atoms with Crippen molar-refractivity contribution in [2.45, 2.75) is 25.8 Å². The SMILES string of the molecule is O=C(O)c1cccc2c1CCN(C(=O)CN1C(=O)CCc3ccccc31)C2. The lowest BCUT2D eigenvalue weighted by atomic mass is 9.94. The van der Waals surface area contributed by atoms with Crippen LogP contribution in [0.2, 0.25) is 0 Å². The summed E-state index contributed by atoms with van der Waals surface area (Å²) in [5, 5.41) is 9.33. The number of hydrogen-bond acceptors (Lipinski definition) is 3. The first-order valence-corrected chi connectivity index (χ1v) is 9.04. The van der Waals surface area contributed by atoms with Crippen molar-refractivity contribution in [2.24, 2.45) is 0 Å². The number of hydrogen-bond donors (Lipinski definition) is 1. The summed E-state index contributed by atoms with van der Waals surface area (Å²) in [5.41, 5.74) is 3.86. The lowest BCUT2D eigenvalue weighted by molar-refractivity contribution is -0.132. The van der Waals surface area contributed by atoms with E-state index in [1.165, 1.54) is 0 Å². The smallest absolute Gasteiger partial charge is 0.335 e. The van der Waals surface area contributed by atoms with Crippen LogP contribution in [0.25, 0.3) is 0 Å². The Morgan fingerprint density at radius 2 is 1.74 bits per heavy atom. The van der Waals surface area contributed by atoms with E-state index in [4.69, 9.17) is 0 Å². The molecule has 2 heterocycles. The highest BCUT2D eigenvalue weighted by Crippen LogP contribution is 2.28. The number of aryl methyl sites for hydroxylation is 1. The Morgan fingerprint density at radius 3 is 2.56 bits per heavy atom. The first-order valence-electron chi connectivity index (χ1n) is 9.04. The summed E-state index contributed by atoms with van der Waals surface area (Å²) < 4.78 is 0. The number of carbonyl (C=O) groups is 3. The molecule has 2 aromatic carbocycles. The molecule has 2 aliphatic rings. The van der Waals surface area contributed by atoms with E-state index in [2.05, 4.69) is 0 Å². The number of nitrogens with zero attached hydrogens (tertiary/aromatic N) is 2. The molecule has 0 aliphatic carbocycles. The maximum Gasteiger partial charge on any atom is 0.335 e. The number of aromatic carboxylic acids is 1. The van der Waals surface area contributed by atoms with Crippen LogP contribution < -0.4 is 4.90 Å². The van der Waals surface area contributed by atoms with E-state index in [1.54, 1.807) is 21.9 Å². The molecule has 27 heavy (non-hydrogen) atoms. The van der Waals surface area contributed by atoms with E-state index < -0.39 is 5.97 Å². The summed E-state index contributed by atoms with van der Waals surface area (Å²) in [6, 6.07) is 12.9. The second kappa shape index (κ2) is 6.87. The van der Waals surface area contributed by atoms with Gasteiger partial charge in [-0.2, -0.15) is 0 Å². The molecule has 0 unspecified atom stereocenters. The molecule has 0 atom stereocenters. The second-order valence-electron chi connectivity index (χ2n) is 6.92. The van der Waals surface area contributed by atoms with Gasteiger partial charge in [0.15, 0.2) is 0 Å². The number of carbonyl (C=O) groups excluding carboxylic acids is 2. The Balaban J connectivity index is 1.53. The lowest BCUT2D eigenvalue weighted by Crippen LogP contribution is -2.46. The monoisotopic (exact) mass is 364 g/mol. The van der Waals surface area contributed by atoms with Crippen LogP contribution in [0.5, 0.6) is 0 Å². The summed E-state index contributed by atoms with van der Waals surface area (Å²) in [4.78, 5) is 39.9. The Hall–Kier alpha value is -3.15. The third kappa shape index (κ3) is 3.18. The van der Waals surface area contributed by atoms with Crippen LogP contribution in [-0.4, -0.2) is 40.9 Å². The highest BCUT2D eigenvalue weighted by molar-refractivity contribution is 6.01. The molecule has 0 saturated heterocycles. The van der Waals surface area contributed by atoms with Crippen LogP contribution in [0.3, 0.4) is 0 Å². The molecular weight excluding hydrogens is 344 g/mol. The molecule has 2 aromatic rings. The van der Waals surface area contributed by atoms with Crippen molar-refractivity contribution in [1.29, 1.82) is 0 Å². The number of benzene rings is 2. The first-order chi connectivity index (χ1) is 13.0. The van der Waals surface area contributed by atoms with Gasteiger partial charge in [-0.15, -0.1) is 0 Å². The van der Waals surface area contributed by atoms with Gasteiger partial charge in [0.1, 0.15) is 6.54 Å². The number of amides is 2. The fourth-order valence-corrected chi connectivity index (χ4v) is 3.93. The molecule has 0 fully saturated rings. The van der Waals surface area contributed by atoms with Gasteiger partial charge in [-0.25, -0.2) is 4.79 Å². The molecule has 0 saturated carbocycles. The van der Waals surface area contributed by atoms with Crippen molar-refractivity contribution in [3.63, 3.8) is 0 Å². The molecule has 0 bridgehead atoms. The van der Waals surface area contributed by atoms with Gasteiger partial charge in [0.25, 0.3) is 0 Å². The molecule has 4 rings (SSSR count). The largest absolute Gasteiger partial charge is 0.478 e. The molecule has 1 N–H and O–H groups in total. The lowest BCUT2D eigenvalue weighted by Gasteiger charge is -2.33. The topological polar surface area (TPSA) is 77.9 Å². The van der Waals surface area contributed by atoms with Gasteiger partial charge in [-0.05, 0) is 41.7 Å². The molecule has 2 aliphatic heterocycles. The Kier molecular flexibility index (Phi) is 4.39. The van der Waals surface area contributed by atoms with E-state index in [9.17, 15) is 19.5 Å². The molecular formula is C21H20N2O4. The molecule has 6 heteroatoms. The van der Waals surface area contributed by atoms with Crippen LogP contribution in [0, 0.1) is 0 Å². The number of carboxylic acids is 1. The van der Waals surface area contributed by atoms with Crippen molar-refractivity contribution >= 4 is 23.5 Å². The van der Waals surface area contributed by atoms with Gasteiger partial charge >= 0.3 is 5.97 Å². The average molecular weight is 364 g/mol. The molecule has 0 radical (unpaired) electrons. The summed E-state index contributed by atoms with van der Waals surface area (Å²) in [5.74, 6) is -1.10. The average Bonchev–Trinajstić information content (AvgIpc) is 2.69. The minimum absolute atomic E-state index is 0.0177. The van der Waals surface area contributed by atoms with E-state index in [0.717, 1.165) is 22.4 Å². The minimum Gasteiger partial charge on any atom is -0.478 e. The van der Waals surface area contributed by atoms with Crippen molar-refractivity contribution in [3.05, 3.63) is 64.7 Å². The van der Waals surface area contributed by atoms with Gasteiger partial charge in [0, 0.05) is 25.2 Å². The zero-order valence-electron chi connectivity index (χ0n) is 14.9. The fraction of sp³-hybridized carbons (Fsp3) is 0.286. The highest BCUT2D eigenvalue weighted by atomic mass is 16.4. The zero-order chi connectivity index (χ0) is 19.0. The summed E-state index contributed by atoms with van der Waals surface area (Å²) >= 11 is 0. The number of rotatable bonds is 3. The fourth-order valence-electron chi connectivity index (χ4n) is 3.93. The van der Waals surface area contributed by atoms with Gasteiger partial charge in [0.05, 0.1) is 5.56 Å². The number of fused-ring (bicyclic) bond motifs is 2. The molecule has 0 aromatic heterocycles. The Morgan fingerprint density at radius 1 is 0.963 bits per heavy atom. The van der Waals surface area contributed by atoms with Crippen molar-refractivity contribution in [3.8, 4) is 0 Å². The van der Waals surface area contributed by atoms with Crippen molar-refractivity contribution in [1.82, 2.24) is 4.90 Å². The molecule has 2 amide bonds. The summed E-state index contributed by atoms with van der Waals surface area (Å²) in [7, 11) is 0.